The lowest BCUT2D eigenvalue weighted by Gasteiger charge is -2.11. The summed E-state index contributed by atoms with van der Waals surface area (Å²) in [6.07, 6.45) is 2.18. The largest absolute Gasteiger partial charge is 0.503 e. The van der Waals surface area contributed by atoms with E-state index in [2.05, 4.69) is 31.2 Å². The zero-order valence-corrected chi connectivity index (χ0v) is 14.3. The summed E-state index contributed by atoms with van der Waals surface area (Å²) < 4.78 is 27.2. The molecule has 0 unspecified atom stereocenters. The molecular weight excluding hydrogens is 318 g/mol. The Labute approximate surface area is 146 Å². The first-order valence-electron chi connectivity index (χ1n) is 8.38. The van der Waals surface area contributed by atoms with Crippen LogP contribution in [-0.4, -0.2) is 5.11 Å². The van der Waals surface area contributed by atoms with E-state index in [1.165, 1.54) is 5.56 Å². The second kappa shape index (κ2) is 7.06. The molecular formula is C22H20F2O. The molecule has 0 radical (unpaired) electrons. The number of hydrogen-bond acceptors (Lipinski definition) is 1. The van der Waals surface area contributed by atoms with Gasteiger partial charge >= 0.3 is 0 Å². The Balaban J connectivity index is 1.96. The lowest BCUT2D eigenvalue weighted by atomic mass is 9.95. The maximum Gasteiger partial charge on any atom is 0.187 e. The van der Waals surface area contributed by atoms with Crippen molar-refractivity contribution in [1.29, 1.82) is 0 Å². The van der Waals surface area contributed by atoms with E-state index in [0.717, 1.165) is 47.2 Å². The van der Waals surface area contributed by atoms with Crippen LogP contribution in [-0.2, 0) is 6.42 Å². The van der Waals surface area contributed by atoms with Crippen molar-refractivity contribution in [3.05, 3.63) is 77.4 Å². The van der Waals surface area contributed by atoms with Crippen LogP contribution < -0.4 is 0 Å². The molecule has 0 atom stereocenters. The molecule has 3 aromatic rings. The van der Waals surface area contributed by atoms with Crippen LogP contribution in [0.1, 0.15) is 24.5 Å². The zero-order chi connectivity index (χ0) is 18.0. The van der Waals surface area contributed by atoms with Crippen LogP contribution >= 0.6 is 0 Å². The summed E-state index contributed by atoms with van der Waals surface area (Å²) in [5, 5.41) is 9.25. The molecule has 3 rings (SSSR count). The van der Waals surface area contributed by atoms with E-state index in [0.29, 0.717) is 5.56 Å². The van der Waals surface area contributed by atoms with Crippen molar-refractivity contribution in [3.8, 4) is 28.0 Å². The van der Waals surface area contributed by atoms with Gasteiger partial charge in [0.05, 0.1) is 0 Å². The lowest BCUT2D eigenvalue weighted by Crippen LogP contribution is -1.90. The Morgan fingerprint density at radius 3 is 1.96 bits per heavy atom. The predicted octanol–water partition coefficient (Wildman–Crippen LogP) is 6.27. The summed E-state index contributed by atoms with van der Waals surface area (Å²) in [6, 6.07) is 16.6. The molecule has 1 N–H and O–H groups in total. The third-order valence-corrected chi connectivity index (χ3v) is 4.38. The minimum atomic E-state index is -0.954. The predicted molar refractivity (Wildman–Crippen MR) is 97.6 cm³/mol. The SMILES string of the molecule is CCCc1ccc(-c2ccc(-c3cc(F)c(O)c(F)c3)c(C)c2)cc1. The van der Waals surface area contributed by atoms with Crippen LogP contribution in [0.4, 0.5) is 8.78 Å². The normalized spacial score (nSPS) is 10.9. The highest BCUT2D eigenvalue weighted by Gasteiger charge is 2.12. The first kappa shape index (κ1) is 17.2. The van der Waals surface area contributed by atoms with Crippen molar-refractivity contribution in [1.82, 2.24) is 0 Å². The molecule has 0 aliphatic rings. The highest BCUT2D eigenvalue weighted by molar-refractivity contribution is 5.74. The minimum absolute atomic E-state index is 0.412. The van der Waals surface area contributed by atoms with Gasteiger partial charge < -0.3 is 5.11 Å². The van der Waals surface area contributed by atoms with Crippen molar-refractivity contribution in [2.75, 3.05) is 0 Å². The molecule has 0 amide bonds. The molecule has 0 fully saturated rings. The van der Waals surface area contributed by atoms with E-state index in [1.54, 1.807) is 0 Å². The third kappa shape index (κ3) is 3.55. The summed E-state index contributed by atoms with van der Waals surface area (Å²) in [5.74, 6) is -2.85. The van der Waals surface area contributed by atoms with Crippen LogP contribution in [0.5, 0.6) is 5.75 Å². The number of aromatic hydroxyl groups is 1. The average Bonchev–Trinajstić information content (AvgIpc) is 2.60. The fourth-order valence-electron chi connectivity index (χ4n) is 3.04. The van der Waals surface area contributed by atoms with Crippen molar-refractivity contribution in [2.24, 2.45) is 0 Å². The van der Waals surface area contributed by atoms with E-state index in [4.69, 9.17) is 0 Å². The van der Waals surface area contributed by atoms with Crippen LogP contribution in [0.3, 0.4) is 0 Å². The molecule has 0 bridgehead atoms. The van der Waals surface area contributed by atoms with Gasteiger partial charge in [-0.25, -0.2) is 8.78 Å². The van der Waals surface area contributed by atoms with Crippen LogP contribution in [0.15, 0.2) is 54.6 Å². The van der Waals surface area contributed by atoms with Gasteiger partial charge in [-0.2, -0.15) is 0 Å². The number of phenolic OH excluding ortho intramolecular Hbond substituents is 1. The molecule has 0 spiro atoms. The van der Waals surface area contributed by atoms with Crippen LogP contribution in [0, 0.1) is 18.6 Å². The molecule has 0 saturated carbocycles. The number of halogens is 2. The Morgan fingerprint density at radius 1 is 0.800 bits per heavy atom. The van der Waals surface area contributed by atoms with E-state index in [-0.39, 0.29) is 0 Å². The van der Waals surface area contributed by atoms with Crippen molar-refractivity contribution in [3.63, 3.8) is 0 Å². The molecule has 3 heteroatoms. The topological polar surface area (TPSA) is 20.2 Å². The van der Waals surface area contributed by atoms with Gasteiger partial charge in [-0.1, -0.05) is 55.8 Å². The van der Waals surface area contributed by atoms with E-state index in [1.807, 2.05) is 25.1 Å². The number of hydrogen-bond donors (Lipinski definition) is 1. The van der Waals surface area contributed by atoms with E-state index in [9.17, 15) is 13.9 Å². The Morgan fingerprint density at radius 2 is 1.40 bits per heavy atom. The Hall–Kier alpha value is -2.68. The van der Waals surface area contributed by atoms with Gasteiger partial charge in [0, 0.05) is 0 Å². The second-order valence-corrected chi connectivity index (χ2v) is 6.27. The van der Waals surface area contributed by atoms with Crippen LogP contribution in [0.25, 0.3) is 22.3 Å². The van der Waals surface area contributed by atoms with Gasteiger partial charge in [-0.3, -0.25) is 0 Å². The standard InChI is InChI=1S/C22H20F2O/c1-3-4-15-5-7-16(8-6-15)17-9-10-19(14(2)11-17)18-12-20(23)22(25)21(24)13-18/h5-13,25H,3-4H2,1-2H3. The van der Waals surface area contributed by atoms with Gasteiger partial charge in [-0.15, -0.1) is 0 Å². The van der Waals surface area contributed by atoms with Gasteiger partial charge in [-0.05, 0) is 58.9 Å². The maximum absolute atomic E-state index is 13.6. The number of benzene rings is 3. The van der Waals surface area contributed by atoms with E-state index >= 15 is 0 Å². The quantitative estimate of drug-likeness (QED) is 0.595. The molecule has 0 aliphatic heterocycles. The first-order chi connectivity index (χ1) is 12.0. The second-order valence-electron chi connectivity index (χ2n) is 6.27. The van der Waals surface area contributed by atoms with Crippen molar-refractivity contribution in [2.45, 2.75) is 26.7 Å². The van der Waals surface area contributed by atoms with Crippen molar-refractivity contribution < 1.29 is 13.9 Å². The molecule has 0 heterocycles. The molecule has 128 valence electrons. The number of phenols is 1. The molecule has 0 saturated heterocycles. The summed E-state index contributed by atoms with van der Waals surface area (Å²) in [7, 11) is 0. The Bertz CT molecular complexity index is 875. The first-order valence-corrected chi connectivity index (χ1v) is 8.38. The third-order valence-electron chi connectivity index (χ3n) is 4.38. The summed E-state index contributed by atoms with van der Waals surface area (Å²) in [5.41, 5.74) is 5.55. The van der Waals surface area contributed by atoms with Gasteiger partial charge in [0.15, 0.2) is 17.4 Å². The van der Waals surface area contributed by atoms with Gasteiger partial charge in [0.1, 0.15) is 0 Å². The summed E-state index contributed by atoms with van der Waals surface area (Å²) in [4.78, 5) is 0. The lowest BCUT2D eigenvalue weighted by molar-refractivity contribution is 0.396. The molecule has 0 aromatic heterocycles. The summed E-state index contributed by atoms with van der Waals surface area (Å²) >= 11 is 0. The molecule has 3 aromatic carbocycles. The summed E-state index contributed by atoms with van der Waals surface area (Å²) in [6.45, 7) is 4.07. The number of rotatable bonds is 4. The fraction of sp³-hybridized carbons (Fsp3) is 0.182. The highest BCUT2D eigenvalue weighted by Crippen LogP contribution is 2.32. The molecule has 25 heavy (non-hydrogen) atoms. The Kier molecular flexibility index (Phi) is 4.84. The average molecular weight is 338 g/mol. The van der Waals surface area contributed by atoms with Crippen molar-refractivity contribution >= 4 is 0 Å². The van der Waals surface area contributed by atoms with Gasteiger partial charge in [0.25, 0.3) is 0 Å². The van der Waals surface area contributed by atoms with Crippen LogP contribution in [0.2, 0.25) is 0 Å². The van der Waals surface area contributed by atoms with E-state index < -0.39 is 17.4 Å². The molecule has 1 nitrogen and oxygen atoms in total. The highest BCUT2D eigenvalue weighted by atomic mass is 19.1. The number of aryl methyl sites for hydroxylation is 2. The fourth-order valence-corrected chi connectivity index (χ4v) is 3.04. The minimum Gasteiger partial charge on any atom is -0.503 e. The maximum atomic E-state index is 13.6. The smallest absolute Gasteiger partial charge is 0.187 e. The zero-order valence-electron chi connectivity index (χ0n) is 14.3. The van der Waals surface area contributed by atoms with Gasteiger partial charge in [0.2, 0.25) is 0 Å². The molecule has 0 aliphatic carbocycles. The monoisotopic (exact) mass is 338 g/mol.